The molecule has 6 nitrogen and oxygen atoms in total. The quantitative estimate of drug-likeness (QED) is 0.573. The topological polar surface area (TPSA) is 82.9 Å². The highest BCUT2D eigenvalue weighted by atomic mass is 19.1. The van der Waals surface area contributed by atoms with E-state index in [1.165, 1.54) is 31.5 Å². The summed E-state index contributed by atoms with van der Waals surface area (Å²) in [7, 11) is 1.44. The van der Waals surface area contributed by atoms with Crippen LogP contribution in [-0.2, 0) is 0 Å². The summed E-state index contributed by atoms with van der Waals surface area (Å²) in [5.41, 5.74) is 0.947. The number of nitriles is 1. The maximum atomic E-state index is 14.8. The van der Waals surface area contributed by atoms with Gasteiger partial charge in [0.25, 0.3) is 0 Å². The number of aromatic nitrogens is 2. The Labute approximate surface area is 161 Å². The second-order valence-corrected chi connectivity index (χ2v) is 6.07. The molecule has 0 saturated heterocycles. The number of unbranched alkanes of at least 4 members (excludes halogenated alkanes) is 1. The monoisotopic (exact) mass is 383 g/mol. The lowest BCUT2D eigenvalue weighted by Gasteiger charge is -2.14. The number of rotatable bonds is 7. The summed E-state index contributed by atoms with van der Waals surface area (Å²) >= 11 is 0. The average Bonchev–Trinajstić information content (AvgIpc) is 2.72. The van der Waals surface area contributed by atoms with Crippen LogP contribution in [0.15, 0.2) is 30.5 Å². The molecule has 28 heavy (non-hydrogen) atoms. The number of methoxy groups -OCH3 is 1. The molecule has 0 saturated carbocycles. The molecule has 0 aliphatic heterocycles. The van der Waals surface area contributed by atoms with Crippen molar-refractivity contribution in [3.8, 4) is 11.9 Å². The maximum absolute atomic E-state index is 14.8. The lowest BCUT2D eigenvalue weighted by Crippen LogP contribution is -2.07. The van der Waals surface area contributed by atoms with Gasteiger partial charge in [-0.05, 0) is 30.7 Å². The fraction of sp³-hybridized carbons (Fsp3) is 0.250. The summed E-state index contributed by atoms with van der Waals surface area (Å²) in [5, 5.41) is 15.3. The first-order valence-corrected chi connectivity index (χ1v) is 8.81. The van der Waals surface area contributed by atoms with Gasteiger partial charge in [0.05, 0.1) is 30.2 Å². The zero-order valence-electron chi connectivity index (χ0n) is 15.5. The third-order valence-corrected chi connectivity index (χ3v) is 4.21. The summed E-state index contributed by atoms with van der Waals surface area (Å²) in [6.45, 7) is 2.60. The van der Waals surface area contributed by atoms with Crippen molar-refractivity contribution in [1.29, 1.82) is 5.26 Å². The van der Waals surface area contributed by atoms with Crippen molar-refractivity contribution in [2.24, 2.45) is 0 Å². The molecule has 0 spiro atoms. The second-order valence-electron chi connectivity index (χ2n) is 6.07. The van der Waals surface area contributed by atoms with Crippen LogP contribution in [0.1, 0.15) is 25.3 Å². The lowest BCUT2D eigenvalue weighted by molar-refractivity contribution is 0.397. The largest absolute Gasteiger partial charge is 0.480 e. The Morgan fingerprint density at radius 3 is 2.68 bits per heavy atom. The van der Waals surface area contributed by atoms with Gasteiger partial charge in [-0.25, -0.2) is 18.7 Å². The summed E-state index contributed by atoms with van der Waals surface area (Å²) < 4.78 is 34.2. The number of hydrogen-bond acceptors (Lipinski definition) is 6. The molecule has 0 aliphatic rings. The van der Waals surface area contributed by atoms with Crippen LogP contribution in [-0.4, -0.2) is 23.6 Å². The fourth-order valence-corrected chi connectivity index (χ4v) is 2.72. The molecule has 8 heteroatoms. The predicted molar refractivity (Wildman–Crippen MR) is 104 cm³/mol. The van der Waals surface area contributed by atoms with E-state index in [0.717, 1.165) is 12.8 Å². The molecule has 144 valence electrons. The number of nitrogens with one attached hydrogen (secondary N) is 2. The van der Waals surface area contributed by atoms with Crippen molar-refractivity contribution < 1.29 is 13.5 Å². The van der Waals surface area contributed by atoms with Crippen molar-refractivity contribution in [3.63, 3.8) is 0 Å². The normalized spacial score (nSPS) is 10.5. The molecule has 2 N–H and O–H groups in total. The second kappa shape index (κ2) is 8.48. The summed E-state index contributed by atoms with van der Waals surface area (Å²) in [5.74, 6) is -1.28. The lowest BCUT2D eigenvalue weighted by atomic mass is 10.1. The molecule has 0 bridgehead atoms. The van der Waals surface area contributed by atoms with Crippen LogP contribution in [0.5, 0.6) is 5.88 Å². The van der Waals surface area contributed by atoms with Gasteiger partial charge in [-0.2, -0.15) is 5.26 Å². The van der Waals surface area contributed by atoms with Gasteiger partial charge in [-0.3, -0.25) is 0 Å². The SMILES string of the molecule is CCCCNc1ccc(F)c(Nc2ccc3ncc(OC)nc3c2C#N)c1F. The van der Waals surface area contributed by atoms with E-state index in [1.54, 1.807) is 6.07 Å². The van der Waals surface area contributed by atoms with Gasteiger partial charge in [0.15, 0.2) is 5.82 Å². The number of benzene rings is 2. The maximum Gasteiger partial charge on any atom is 0.232 e. The Bertz CT molecular complexity index is 1050. The standard InChI is InChI=1S/C20H19F2N5O/c1-3-4-9-24-15-6-5-13(21)20(18(15)22)26-14-7-8-16-19(12(14)10-23)27-17(28-2)11-25-16/h5-8,11,24,26H,3-4,9H2,1-2H3. The van der Waals surface area contributed by atoms with E-state index < -0.39 is 11.6 Å². The summed E-state index contributed by atoms with van der Waals surface area (Å²) in [4.78, 5) is 8.41. The van der Waals surface area contributed by atoms with Crippen LogP contribution >= 0.6 is 0 Å². The van der Waals surface area contributed by atoms with Gasteiger partial charge < -0.3 is 15.4 Å². The molecule has 0 unspecified atom stereocenters. The van der Waals surface area contributed by atoms with Crippen LogP contribution in [0, 0.1) is 23.0 Å². The number of ether oxygens (including phenoxy) is 1. The van der Waals surface area contributed by atoms with Crippen molar-refractivity contribution in [2.45, 2.75) is 19.8 Å². The Kier molecular flexibility index (Phi) is 5.84. The van der Waals surface area contributed by atoms with E-state index in [2.05, 4.69) is 20.6 Å². The van der Waals surface area contributed by atoms with Gasteiger partial charge in [-0.1, -0.05) is 13.3 Å². The van der Waals surface area contributed by atoms with Gasteiger partial charge in [0, 0.05) is 6.54 Å². The first kappa shape index (κ1) is 19.3. The molecule has 2 aromatic carbocycles. The molecular formula is C20H19F2N5O. The molecule has 3 rings (SSSR count). The smallest absolute Gasteiger partial charge is 0.232 e. The molecule has 1 aromatic heterocycles. The Morgan fingerprint density at radius 1 is 1.18 bits per heavy atom. The first-order chi connectivity index (χ1) is 13.6. The predicted octanol–water partition coefficient (Wildman–Crippen LogP) is 4.74. The van der Waals surface area contributed by atoms with Crippen molar-refractivity contribution in [2.75, 3.05) is 24.3 Å². The van der Waals surface area contributed by atoms with Crippen molar-refractivity contribution in [3.05, 3.63) is 47.7 Å². The molecule has 0 atom stereocenters. The fourth-order valence-electron chi connectivity index (χ4n) is 2.72. The third kappa shape index (κ3) is 3.78. The summed E-state index contributed by atoms with van der Waals surface area (Å²) in [6.07, 6.45) is 3.25. The van der Waals surface area contributed by atoms with Crippen LogP contribution in [0.4, 0.5) is 25.8 Å². The molecule has 0 amide bonds. The number of fused-ring (bicyclic) bond motifs is 1. The minimum absolute atomic E-state index is 0.118. The number of anilines is 3. The average molecular weight is 383 g/mol. The van der Waals surface area contributed by atoms with Crippen LogP contribution in [0.3, 0.4) is 0 Å². The minimum Gasteiger partial charge on any atom is -0.480 e. The minimum atomic E-state index is -0.765. The van der Waals surface area contributed by atoms with Gasteiger partial charge in [0.1, 0.15) is 28.7 Å². The van der Waals surface area contributed by atoms with E-state index in [-0.39, 0.29) is 34.0 Å². The molecule has 1 heterocycles. The van der Waals surface area contributed by atoms with E-state index in [4.69, 9.17) is 4.74 Å². The van der Waals surface area contributed by atoms with Crippen LogP contribution in [0.2, 0.25) is 0 Å². The van der Waals surface area contributed by atoms with Crippen LogP contribution < -0.4 is 15.4 Å². The van der Waals surface area contributed by atoms with E-state index in [0.29, 0.717) is 12.1 Å². The number of nitrogens with zero attached hydrogens (tertiary/aromatic N) is 3. The van der Waals surface area contributed by atoms with Crippen molar-refractivity contribution in [1.82, 2.24) is 9.97 Å². The van der Waals surface area contributed by atoms with Crippen molar-refractivity contribution >= 4 is 28.1 Å². The zero-order chi connectivity index (χ0) is 20.1. The zero-order valence-corrected chi connectivity index (χ0v) is 15.5. The highest BCUT2D eigenvalue weighted by Gasteiger charge is 2.17. The molecule has 0 aliphatic carbocycles. The van der Waals surface area contributed by atoms with E-state index >= 15 is 0 Å². The van der Waals surface area contributed by atoms with Gasteiger partial charge in [-0.15, -0.1) is 0 Å². The number of hydrogen-bond donors (Lipinski definition) is 2. The molecule has 0 radical (unpaired) electrons. The molecule has 0 fully saturated rings. The molecule has 3 aromatic rings. The van der Waals surface area contributed by atoms with Gasteiger partial charge >= 0.3 is 0 Å². The highest BCUT2D eigenvalue weighted by molar-refractivity contribution is 5.88. The number of halogens is 2. The first-order valence-electron chi connectivity index (χ1n) is 8.81. The third-order valence-electron chi connectivity index (χ3n) is 4.21. The molecular weight excluding hydrogens is 364 g/mol. The Balaban J connectivity index is 2.03. The van der Waals surface area contributed by atoms with E-state index in [9.17, 15) is 14.0 Å². The Morgan fingerprint density at radius 2 is 1.96 bits per heavy atom. The Hall–Kier alpha value is -3.47. The highest BCUT2D eigenvalue weighted by Crippen LogP contribution is 2.32. The summed E-state index contributed by atoms with van der Waals surface area (Å²) in [6, 6.07) is 7.71. The van der Waals surface area contributed by atoms with Gasteiger partial charge in [0.2, 0.25) is 5.88 Å². The van der Waals surface area contributed by atoms with E-state index in [1.807, 2.05) is 13.0 Å². The van der Waals surface area contributed by atoms with Crippen LogP contribution in [0.25, 0.3) is 11.0 Å².